The zero-order valence-electron chi connectivity index (χ0n) is 16.9. The molecule has 1 N–H and O–H groups in total. The number of benzene rings is 2. The first-order valence-electron chi connectivity index (χ1n) is 9.56. The second-order valence-electron chi connectivity index (χ2n) is 8.53. The monoisotopic (exact) mass is 400 g/mol. The van der Waals surface area contributed by atoms with Gasteiger partial charge in [0.1, 0.15) is 0 Å². The second-order valence-corrected chi connectivity index (χ2v) is 10.2. The van der Waals surface area contributed by atoms with Crippen LogP contribution < -0.4 is 4.72 Å². The number of nitrogens with zero attached hydrogens (tertiary/aromatic N) is 1. The Morgan fingerprint density at radius 2 is 1.61 bits per heavy atom. The Morgan fingerprint density at radius 1 is 1.04 bits per heavy atom. The van der Waals surface area contributed by atoms with Crippen LogP contribution >= 0.6 is 0 Å². The molecule has 1 amide bonds. The predicted octanol–water partition coefficient (Wildman–Crippen LogP) is 3.88. The first-order valence-corrected chi connectivity index (χ1v) is 11.0. The van der Waals surface area contributed by atoms with Crippen molar-refractivity contribution in [3.05, 3.63) is 65.2 Å². The maximum absolute atomic E-state index is 13.0. The first kappa shape index (κ1) is 20.6. The van der Waals surface area contributed by atoms with Gasteiger partial charge in [-0.3, -0.25) is 4.79 Å². The van der Waals surface area contributed by atoms with Gasteiger partial charge in [0.15, 0.2) is 0 Å². The molecule has 5 nitrogen and oxygen atoms in total. The first-order chi connectivity index (χ1) is 13.0. The van der Waals surface area contributed by atoms with Crippen molar-refractivity contribution in [1.82, 2.24) is 9.62 Å². The summed E-state index contributed by atoms with van der Waals surface area (Å²) in [6, 6.07) is 14.7. The van der Waals surface area contributed by atoms with Gasteiger partial charge in [-0.05, 0) is 70.4 Å². The lowest BCUT2D eigenvalue weighted by atomic mass is 10.1. The van der Waals surface area contributed by atoms with Crippen LogP contribution in [0.1, 0.15) is 55.1 Å². The van der Waals surface area contributed by atoms with E-state index in [4.69, 9.17) is 0 Å². The third kappa shape index (κ3) is 5.20. The van der Waals surface area contributed by atoms with Crippen molar-refractivity contribution in [2.24, 2.45) is 0 Å². The highest BCUT2D eigenvalue weighted by atomic mass is 32.2. The van der Waals surface area contributed by atoms with Crippen LogP contribution in [0.5, 0.6) is 0 Å². The SMILES string of the molecule is Cc1ccc(CN(C(=O)c2ccc(S(=O)(=O)NC(C)(C)C)cc2)C2CC2)cc1. The van der Waals surface area contributed by atoms with E-state index in [0.717, 1.165) is 18.4 Å². The molecule has 1 saturated carbocycles. The van der Waals surface area contributed by atoms with E-state index in [-0.39, 0.29) is 16.8 Å². The van der Waals surface area contributed by atoms with Crippen LogP contribution in [0.15, 0.2) is 53.4 Å². The van der Waals surface area contributed by atoms with Crippen LogP contribution in [0.4, 0.5) is 0 Å². The van der Waals surface area contributed by atoms with Gasteiger partial charge in [0.25, 0.3) is 5.91 Å². The fourth-order valence-corrected chi connectivity index (χ4v) is 4.47. The largest absolute Gasteiger partial charge is 0.331 e. The van der Waals surface area contributed by atoms with Gasteiger partial charge in [0.2, 0.25) is 10.0 Å². The maximum Gasteiger partial charge on any atom is 0.254 e. The minimum atomic E-state index is -3.61. The zero-order valence-corrected chi connectivity index (χ0v) is 17.7. The Kier molecular flexibility index (Phi) is 5.64. The summed E-state index contributed by atoms with van der Waals surface area (Å²) in [5.74, 6) is -0.0594. The summed E-state index contributed by atoms with van der Waals surface area (Å²) >= 11 is 0. The standard InChI is InChI=1S/C22H28N2O3S/c1-16-5-7-17(8-6-16)15-24(19-11-12-19)21(25)18-9-13-20(14-10-18)28(26,27)23-22(2,3)4/h5-10,13-14,19,23H,11-12,15H2,1-4H3. The van der Waals surface area contributed by atoms with Gasteiger partial charge in [-0.1, -0.05) is 29.8 Å². The van der Waals surface area contributed by atoms with Crippen molar-refractivity contribution in [3.8, 4) is 0 Å². The molecule has 2 aromatic rings. The van der Waals surface area contributed by atoms with Crippen molar-refractivity contribution in [1.29, 1.82) is 0 Å². The normalized spacial score (nSPS) is 14.7. The fourth-order valence-electron chi connectivity index (χ4n) is 3.05. The topological polar surface area (TPSA) is 66.5 Å². The van der Waals surface area contributed by atoms with Crippen LogP contribution in [0.3, 0.4) is 0 Å². The Balaban J connectivity index is 1.78. The summed E-state index contributed by atoms with van der Waals surface area (Å²) in [7, 11) is -3.61. The molecule has 150 valence electrons. The lowest BCUT2D eigenvalue weighted by Crippen LogP contribution is -2.40. The number of hydrogen-bond donors (Lipinski definition) is 1. The molecule has 0 unspecified atom stereocenters. The summed E-state index contributed by atoms with van der Waals surface area (Å²) < 4.78 is 27.5. The Morgan fingerprint density at radius 3 is 2.11 bits per heavy atom. The molecule has 0 aliphatic heterocycles. The van der Waals surface area contributed by atoms with Crippen LogP contribution in [0.2, 0.25) is 0 Å². The maximum atomic E-state index is 13.0. The van der Waals surface area contributed by atoms with Crippen LogP contribution in [0.25, 0.3) is 0 Å². The lowest BCUT2D eigenvalue weighted by Gasteiger charge is -2.23. The average Bonchev–Trinajstić information content (AvgIpc) is 3.44. The summed E-state index contributed by atoms with van der Waals surface area (Å²) in [5.41, 5.74) is 2.23. The minimum absolute atomic E-state index is 0.0594. The molecule has 0 bridgehead atoms. The quantitative estimate of drug-likeness (QED) is 0.800. The van der Waals surface area contributed by atoms with Crippen LogP contribution in [-0.4, -0.2) is 30.8 Å². The molecule has 28 heavy (non-hydrogen) atoms. The van der Waals surface area contributed by atoms with E-state index < -0.39 is 15.6 Å². The predicted molar refractivity (Wildman–Crippen MR) is 111 cm³/mol. The Labute approximate surface area is 167 Å². The highest BCUT2D eigenvalue weighted by molar-refractivity contribution is 7.89. The van der Waals surface area contributed by atoms with E-state index in [1.165, 1.54) is 17.7 Å². The zero-order chi connectivity index (χ0) is 20.5. The van der Waals surface area contributed by atoms with Crippen molar-refractivity contribution >= 4 is 15.9 Å². The molecule has 0 atom stereocenters. The van der Waals surface area contributed by atoms with Gasteiger partial charge in [-0.25, -0.2) is 13.1 Å². The number of carbonyl (C=O) groups excluding carboxylic acids is 1. The van der Waals surface area contributed by atoms with E-state index in [2.05, 4.69) is 4.72 Å². The third-order valence-electron chi connectivity index (χ3n) is 4.57. The molecule has 0 aromatic heterocycles. The minimum Gasteiger partial charge on any atom is -0.331 e. The van der Waals surface area contributed by atoms with E-state index >= 15 is 0 Å². The van der Waals surface area contributed by atoms with Gasteiger partial charge in [0.05, 0.1) is 4.90 Å². The molecule has 0 saturated heterocycles. The van der Waals surface area contributed by atoms with Gasteiger partial charge in [0, 0.05) is 23.7 Å². The van der Waals surface area contributed by atoms with Crippen molar-refractivity contribution in [3.63, 3.8) is 0 Å². The fraction of sp³-hybridized carbons (Fsp3) is 0.409. The van der Waals surface area contributed by atoms with Gasteiger partial charge < -0.3 is 4.90 Å². The highest BCUT2D eigenvalue weighted by Crippen LogP contribution is 2.30. The van der Waals surface area contributed by atoms with Crippen molar-refractivity contribution < 1.29 is 13.2 Å². The van der Waals surface area contributed by atoms with Crippen LogP contribution in [-0.2, 0) is 16.6 Å². The van der Waals surface area contributed by atoms with Gasteiger partial charge >= 0.3 is 0 Å². The molecule has 3 rings (SSSR count). The van der Waals surface area contributed by atoms with E-state index in [1.54, 1.807) is 32.9 Å². The van der Waals surface area contributed by atoms with Gasteiger partial charge in [-0.15, -0.1) is 0 Å². The van der Waals surface area contributed by atoms with Crippen molar-refractivity contribution in [2.45, 2.75) is 63.6 Å². The Bertz CT molecular complexity index is 939. The highest BCUT2D eigenvalue weighted by Gasteiger charge is 2.33. The number of hydrogen-bond acceptors (Lipinski definition) is 3. The Hall–Kier alpha value is -2.18. The molecule has 0 heterocycles. The molecule has 1 aliphatic carbocycles. The molecule has 6 heteroatoms. The summed E-state index contributed by atoms with van der Waals surface area (Å²) in [4.78, 5) is 15.1. The summed E-state index contributed by atoms with van der Waals surface area (Å²) in [5, 5.41) is 0. The summed E-state index contributed by atoms with van der Waals surface area (Å²) in [6.07, 6.45) is 2.03. The average molecular weight is 401 g/mol. The molecular formula is C22H28N2O3S. The molecular weight excluding hydrogens is 372 g/mol. The number of sulfonamides is 1. The molecule has 1 aliphatic rings. The second kappa shape index (κ2) is 7.68. The molecule has 0 radical (unpaired) electrons. The van der Waals surface area contributed by atoms with Gasteiger partial charge in [-0.2, -0.15) is 0 Å². The molecule has 1 fully saturated rings. The number of aryl methyl sites for hydroxylation is 1. The molecule has 2 aromatic carbocycles. The number of rotatable bonds is 6. The van der Waals surface area contributed by atoms with E-state index in [0.29, 0.717) is 12.1 Å². The smallest absolute Gasteiger partial charge is 0.254 e. The van der Waals surface area contributed by atoms with E-state index in [1.807, 2.05) is 36.1 Å². The van der Waals surface area contributed by atoms with Crippen molar-refractivity contribution in [2.75, 3.05) is 0 Å². The van der Waals surface area contributed by atoms with Crippen LogP contribution in [0, 0.1) is 6.92 Å². The third-order valence-corrected chi connectivity index (χ3v) is 6.35. The summed E-state index contributed by atoms with van der Waals surface area (Å²) in [6.45, 7) is 7.98. The van der Waals surface area contributed by atoms with E-state index in [9.17, 15) is 13.2 Å². The number of amides is 1. The number of nitrogens with one attached hydrogen (secondary N) is 1. The number of carbonyl (C=O) groups is 1. The molecule has 0 spiro atoms. The lowest BCUT2D eigenvalue weighted by molar-refractivity contribution is 0.0730.